The van der Waals surface area contributed by atoms with E-state index in [1.54, 1.807) is 0 Å². The van der Waals surface area contributed by atoms with Crippen molar-refractivity contribution in [1.29, 1.82) is 0 Å². The highest BCUT2D eigenvalue weighted by Gasteiger charge is 2.36. The molecular formula is C20H22ClFN6O4S. The topological polar surface area (TPSA) is 123 Å². The van der Waals surface area contributed by atoms with Crippen LogP contribution < -0.4 is 0 Å². The zero-order chi connectivity index (χ0) is 23.8. The molecule has 0 saturated carbocycles. The van der Waals surface area contributed by atoms with E-state index in [0.717, 1.165) is 6.20 Å². The molecule has 2 atom stereocenters. The fourth-order valence-electron chi connectivity index (χ4n) is 3.91. The lowest BCUT2D eigenvalue weighted by molar-refractivity contribution is -0.141. The molecule has 1 fully saturated rings. The predicted octanol–water partition coefficient (Wildman–Crippen LogP) is 2.45. The Morgan fingerprint density at radius 3 is 2.82 bits per heavy atom. The second-order valence-electron chi connectivity index (χ2n) is 7.84. The van der Waals surface area contributed by atoms with Crippen LogP contribution in [0.15, 0.2) is 35.6 Å². The van der Waals surface area contributed by atoms with Gasteiger partial charge < -0.3 is 9.72 Å². The fraction of sp³-hybridized carbons (Fsp3) is 0.400. The molecule has 0 amide bonds. The minimum Gasteiger partial charge on any atom is -0.468 e. The highest BCUT2D eigenvalue weighted by atomic mass is 35.5. The first-order valence-corrected chi connectivity index (χ1v) is 12.0. The molecule has 0 aliphatic carbocycles. The Bertz CT molecular complexity index is 1260. The number of H-pyrrole nitrogens is 1. The van der Waals surface area contributed by atoms with Crippen LogP contribution in [0.25, 0.3) is 11.5 Å². The van der Waals surface area contributed by atoms with Crippen LogP contribution in [0, 0.1) is 11.7 Å². The van der Waals surface area contributed by atoms with E-state index >= 15 is 0 Å². The molecule has 176 valence electrons. The molecular weight excluding hydrogens is 475 g/mol. The quantitative estimate of drug-likeness (QED) is 0.520. The summed E-state index contributed by atoms with van der Waals surface area (Å²) < 4.78 is 46.6. The number of carbonyl (C=O) groups is 1. The molecule has 0 spiro atoms. The maximum absolute atomic E-state index is 13.2. The van der Waals surface area contributed by atoms with Crippen molar-refractivity contribution in [2.75, 3.05) is 20.2 Å². The van der Waals surface area contributed by atoms with Gasteiger partial charge in [-0.1, -0.05) is 18.5 Å². The van der Waals surface area contributed by atoms with Crippen molar-refractivity contribution in [1.82, 2.24) is 29.0 Å². The molecule has 0 bridgehead atoms. The van der Waals surface area contributed by atoms with Crippen LogP contribution in [0.3, 0.4) is 0 Å². The van der Waals surface area contributed by atoms with Gasteiger partial charge >= 0.3 is 5.97 Å². The highest BCUT2D eigenvalue weighted by molar-refractivity contribution is 7.89. The number of piperidine rings is 1. The first-order valence-electron chi connectivity index (χ1n) is 10.2. The number of halogens is 2. The molecule has 0 unspecified atom stereocenters. The van der Waals surface area contributed by atoms with E-state index in [-0.39, 0.29) is 41.5 Å². The van der Waals surface area contributed by atoms with Crippen LogP contribution in [0.4, 0.5) is 4.39 Å². The van der Waals surface area contributed by atoms with E-state index in [9.17, 15) is 17.6 Å². The molecule has 1 aliphatic rings. The van der Waals surface area contributed by atoms with Crippen molar-refractivity contribution in [3.63, 3.8) is 0 Å². The van der Waals surface area contributed by atoms with E-state index in [0.29, 0.717) is 23.6 Å². The van der Waals surface area contributed by atoms with Gasteiger partial charge in [-0.25, -0.2) is 22.8 Å². The molecule has 1 saturated heterocycles. The van der Waals surface area contributed by atoms with Gasteiger partial charge in [0.15, 0.2) is 11.0 Å². The molecule has 4 rings (SSSR count). The van der Waals surface area contributed by atoms with Crippen LogP contribution >= 0.6 is 11.6 Å². The van der Waals surface area contributed by atoms with Crippen molar-refractivity contribution < 1.29 is 22.3 Å². The maximum Gasteiger partial charge on any atom is 0.327 e. The molecule has 3 aromatic rings. The van der Waals surface area contributed by atoms with Crippen molar-refractivity contribution >= 4 is 27.6 Å². The minimum absolute atomic E-state index is 0.0151. The molecule has 3 aromatic heterocycles. The van der Waals surface area contributed by atoms with E-state index in [4.69, 9.17) is 11.6 Å². The number of nitrogens with one attached hydrogen (secondary N) is 1. The molecule has 1 N–H and O–H groups in total. The number of nitrogens with zero attached hydrogens (tertiary/aromatic N) is 5. The Morgan fingerprint density at radius 1 is 1.36 bits per heavy atom. The van der Waals surface area contributed by atoms with Gasteiger partial charge in [0.1, 0.15) is 23.0 Å². The second kappa shape index (κ2) is 9.20. The standard InChI is InChI=1S/C20H22ClFN6O4S/c1-12-9-28(33(30,31)14-8-24-27(10-14)11-17(29)32-2)6-5-15(12)18-19(21)26-20(25-18)16-4-3-13(22)7-23-16/h3-4,7-8,10,12,15H,5-6,9,11H2,1-2H3,(H,25,26)/t12-,15+/m0/s1. The van der Waals surface area contributed by atoms with Crippen molar-refractivity contribution in [2.45, 2.75) is 30.7 Å². The van der Waals surface area contributed by atoms with Crippen LogP contribution in [0.2, 0.25) is 5.15 Å². The third kappa shape index (κ3) is 4.77. The summed E-state index contributed by atoms with van der Waals surface area (Å²) in [6.45, 7) is 2.32. The number of aromatic amines is 1. The third-order valence-corrected chi connectivity index (χ3v) is 7.77. The predicted molar refractivity (Wildman–Crippen MR) is 116 cm³/mol. The Kier molecular flexibility index (Phi) is 6.50. The fourth-order valence-corrected chi connectivity index (χ4v) is 5.70. The van der Waals surface area contributed by atoms with Gasteiger partial charge in [-0.3, -0.25) is 9.48 Å². The average molecular weight is 497 g/mol. The monoisotopic (exact) mass is 496 g/mol. The summed E-state index contributed by atoms with van der Waals surface area (Å²) in [7, 11) is -2.53. The minimum atomic E-state index is -3.78. The third-order valence-electron chi connectivity index (χ3n) is 5.66. The van der Waals surface area contributed by atoms with Crippen molar-refractivity contribution in [2.24, 2.45) is 5.92 Å². The molecule has 0 radical (unpaired) electrons. The number of aromatic nitrogens is 5. The first-order chi connectivity index (χ1) is 15.7. The lowest BCUT2D eigenvalue weighted by atomic mass is 9.86. The van der Waals surface area contributed by atoms with Gasteiger partial charge in [0.25, 0.3) is 0 Å². The van der Waals surface area contributed by atoms with Gasteiger partial charge in [0.05, 0.1) is 25.2 Å². The van der Waals surface area contributed by atoms with Gasteiger partial charge in [-0.15, -0.1) is 0 Å². The summed E-state index contributed by atoms with van der Waals surface area (Å²) in [4.78, 5) is 22.9. The lowest BCUT2D eigenvalue weighted by Gasteiger charge is -2.35. The van der Waals surface area contributed by atoms with E-state index in [1.807, 2.05) is 6.92 Å². The lowest BCUT2D eigenvalue weighted by Crippen LogP contribution is -2.42. The molecule has 10 nitrogen and oxygen atoms in total. The number of sulfonamides is 1. The zero-order valence-electron chi connectivity index (χ0n) is 17.9. The smallest absolute Gasteiger partial charge is 0.327 e. The number of ether oxygens (including phenoxy) is 1. The summed E-state index contributed by atoms with van der Waals surface area (Å²) in [6.07, 6.45) is 4.17. The first kappa shape index (κ1) is 23.3. The van der Waals surface area contributed by atoms with Gasteiger partial charge in [-0.2, -0.15) is 9.40 Å². The number of esters is 1. The molecule has 4 heterocycles. The Hall–Kier alpha value is -2.83. The number of hydrogen-bond donors (Lipinski definition) is 1. The average Bonchev–Trinajstić information content (AvgIpc) is 3.41. The van der Waals surface area contributed by atoms with Crippen LogP contribution in [-0.2, 0) is 26.1 Å². The van der Waals surface area contributed by atoms with Crippen LogP contribution in [0.1, 0.15) is 25.0 Å². The number of imidazole rings is 1. The Labute approximate surface area is 194 Å². The summed E-state index contributed by atoms with van der Waals surface area (Å²) >= 11 is 6.38. The second-order valence-corrected chi connectivity index (χ2v) is 10.1. The Morgan fingerprint density at radius 2 is 2.15 bits per heavy atom. The van der Waals surface area contributed by atoms with E-state index < -0.39 is 21.8 Å². The molecule has 33 heavy (non-hydrogen) atoms. The van der Waals surface area contributed by atoms with Gasteiger partial charge in [0.2, 0.25) is 10.0 Å². The molecule has 1 aliphatic heterocycles. The van der Waals surface area contributed by atoms with E-state index in [2.05, 4.69) is 24.8 Å². The summed E-state index contributed by atoms with van der Waals surface area (Å²) in [5, 5.41) is 4.23. The van der Waals surface area contributed by atoms with Gasteiger partial charge in [0, 0.05) is 25.2 Å². The largest absolute Gasteiger partial charge is 0.468 e. The summed E-state index contributed by atoms with van der Waals surface area (Å²) in [5.74, 6) is -0.661. The Balaban J connectivity index is 1.49. The number of methoxy groups -OCH3 is 1. The summed E-state index contributed by atoms with van der Waals surface area (Å²) in [6, 6.07) is 2.80. The SMILES string of the molecule is COC(=O)Cn1cc(S(=O)(=O)N2CC[C@@H](c3[nH]c(-c4ccc(F)cn4)nc3Cl)[C@@H](C)C2)cn1. The van der Waals surface area contributed by atoms with Crippen molar-refractivity contribution in [3.8, 4) is 11.5 Å². The zero-order valence-corrected chi connectivity index (χ0v) is 19.5. The van der Waals surface area contributed by atoms with E-state index in [1.165, 1.54) is 40.6 Å². The molecule has 13 heteroatoms. The number of hydrogen-bond acceptors (Lipinski definition) is 7. The molecule has 0 aromatic carbocycles. The summed E-state index contributed by atoms with van der Waals surface area (Å²) in [5.41, 5.74) is 1.16. The van der Waals surface area contributed by atoms with Crippen LogP contribution in [-0.4, -0.2) is 63.6 Å². The number of rotatable bonds is 6. The maximum atomic E-state index is 13.2. The van der Waals surface area contributed by atoms with Crippen molar-refractivity contribution in [3.05, 3.63) is 47.4 Å². The van der Waals surface area contributed by atoms with Gasteiger partial charge in [-0.05, 0) is 24.5 Å². The number of carbonyl (C=O) groups excluding carboxylic acids is 1. The normalized spacial score (nSPS) is 19.5. The number of pyridine rings is 1. The van der Waals surface area contributed by atoms with Crippen LogP contribution in [0.5, 0.6) is 0 Å². The highest BCUT2D eigenvalue weighted by Crippen LogP contribution is 2.37.